The van der Waals surface area contributed by atoms with Crippen LogP contribution in [-0.2, 0) is 0 Å². The maximum absolute atomic E-state index is 5.58. The average Bonchev–Trinajstić information content (AvgIpc) is 3.34. The van der Waals surface area contributed by atoms with E-state index in [1.165, 1.54) is 53.4 Å². The molecule has 0 bridgehead atoms. The van der Waals surface area contributed by atoms with Crippen molar-refractivity contribution < 1.29 is 0 Å². The molecule has 3 N–H and O–H groups in total. The Balaban J connectivity index is 1.49. The molecule has 1 aromatic carbocycles. The van der Waals surface area contributed by atoms with Crippen LogP contribution in [0.4, 0.5) is 0 Å². The quantitative estimate of drug-likeness (QED) is 0.533. The van der Waals surface area contributed by atoms with Crippen molar-refractivity contribution in [2.24, 2.45) is 0 Å². The van der Waals surface area contributed by atoms with Gasteiger partial charge in [-0.3, -0.25) is 0 Å². The molecule has 2 aromatic heterocycles. The van der Waals surface area contributed by atoms with Crippen molar-refractivity contribution in [3.8, 4) is 0 Å². The van der Waals surface area contributed by atoms with Crippen LogP contribution in [0.2, 0.25) is 0 Å². The number of fused-ring (bicyclic) bond motifs is 1. The van der Waals surface area contributed by atoms with Crippen LogP contribution in [0.5, 0.6) is 0 Å². The number of nitrogens with one attached hydrogen (secondary N) is 3. The van der Waals surface area contributed by atoms with Crippen molar-refractivity contribution in [3.63, 3.8) is 0 Å². The first-order valence-corrected chi connectivity index (χ1v) is 10.7. The van der Waals surface area contributed by atoms with Crippen LogP contribution < -0.4 is 10.6 Å². The van der Waals surface area contributed by atoms with Gasteiger partial charge in [0.15, 0.2) is 5.11 Å². The van der Waals surface area contributed by atoms with E-state index in [9.17, 15) is 0 Å². The molecular weight excluding hydrogens is 358 g/mol. The highest BCUT2D eigenvalue weighted by Crippen LogP contribution is 2.32. The number of aromatic nitrogens is 1. The van der Waals surface area contributed by atoms with Crippen molar-refractivity contribution in [1.29, 1.82) is 0 Å². The Morgan fingerprint density at radius 1 is 1.15 bits per heavy atom. The monoisotopic (exact) mass is 383 g/mol. The molecule has 0 spiro atoms. The third-order valence-electron chi connectivity index (χ3n) is 5.29. The molecule has 136 valence electrons. The Morgan fingerprint density at radius 2 is 2.00 bits per heavy atom. The Labute approximate surface area is 164 Å². The highest BCUT2D eigenvalue weighted by molar-refractivity contribution is 7.80. The Kier molecular flexibility index (Phi) is 5.56. The molecule has 1 saturated carbocycles. The first-order chi connectivity index (χ1) is 12.8. The molecule has 2 heterocycles. The summed E-state index contributed by atoms with van der Waals surface area (Å²) in [5, 5.41) is 11.2. The van der Waals surface area contributed by atoms with Gasteiger partial charge in [0.2, 0.25) is 0 Å². The first-order valence-electron chi connectivity index (χ1n) is 9.45. The largest absolute Gasteiger partial charge is 0.362 e. The van der Waals surface area contributed by atoms with Crippen molar-refractivity contribution in [1.82, 2.24) is 15.6 Å². The highest BCUT2D eigenvalue weighted by Gasteiger charge is 2.20. The predicted octanol–water partition coefficient (Wildman–Crippen LogP) is 5.16. The lowest BCUT2D eigenvalue weighted by Crippen LogP contribution is -2.43. The minimum absolute atomic E-state index is 0.289. The van der Waals surface area contributed by atoms with Gasteiger partial charge in [0, 0.05) is 40.5 Å². The zero-order chi connectivity index (χ0) is 17.8. The van der Waals surface area contributed by atoms with E-state index in [2.05, 4.69) is 63.6 Å². The van der Waals surface area contributed by atoms with E-state index in [1.807, 2.05) is 11.3 Å². The summed E-state index contributed by atoms with van der Waals surface area (Å²) in [4.78, 5) is 4.78. The molecule has 4 rings (SSSR count). The maximum atomic E-state index is 5.58. The summed E-state index contributed by atoms with van der Waals surface area (Å²) < 4.78 is 0. The van der Waals surface area contributed by atoms with Gasteiger partial charge in [0.05, 0.1) is 0 Å². The van der Waals surface area contributed by atoms with Gasteiger partial charge < -0.3 is 15.6 Å². The number of H-pyrrole nitrogens is 1. The van der Waals surface area contributed by atoms with Gasteiger partial charge >= 0.3 is 0 Å². The molecule has 26 heavy (non-hydrogen) atoms. The molecule has 1 unspecified atom stereocenters. The van der Waals surface area contributed by atoms with Crippen LogP contribution in [0.3, 0.4) is 0 Å². The third-order valence-corrected chi connectivity index (χ3v) is 6.54. The SMILES string of the molecule is S=C(NCC(c1cccs1)c1c[nH]c2ccccc12)NC1CCCCC1. The summed E-state index contributed by atoms with van der Waals surface area (Å²) in [7, 11) is 0. The van der Waals surface area contributed by atoms with Gasteiger partial charge in [-0.2, -0.15) is 0 Å². The van der Waals surface area contributed by atoms with Crippen LogP contribution in [0.15, 0.2) is 48.0 Å². The smallest absolute Gasteiger partial charge is 0.166 e. The normalized spacial score (nSPS) is 16.5. The summed E-state index contributed by atoms with van der Waals surface area (Å²) in [5.74, 6) is 0.289. The summed E-state index contributed by atoms with van der Waals surface area (Å²) in [6.45, 7) is 0.806. The number of hydrogen-bond acceptors (Lipinski definition) is 2. The van der Waals surface area contributed by atoms with Crippen molar-refractivity contribution >= 4 is 39.6 Å². The highest BCUT2D eigenvalue weighted by atomic mass is 32.1. The van der Waals surface area contributed by atoms with E-state index in [4.69, 9.17) is 12.2 Å². The minimum atomic E-state index is 0.289. The molecule has 5 heteroatoms. The van der Waals surface area contributed by atoms with Crippen molar-refractivity contribution in [2.75, 3.05) is 6.54 Å². The van der Waals surface area contributed by atoms with Crippen molar-refractivity contribution in [2.45, 2.75) is 44.1 Å². The third kappa shape index (κ3) is 3.94. The maximum Gasteiger partial charge on any atom is 0.166 e. The number of thiocarbonyl (C=S) groups is 1. The lowest BCUT2D eigenvalue weighted by atomic mass is 9.95. The van der Waals surface area contributed by atoms with E-state index < -0.39 is 0 Å². The molecule has 3 aromatic rings. The van der Waals surface area contributed by atoms with Gasteiger partial charge in [-0.25, -0.2) is 0 Å². The molecule has 1 fully saturated rings. The first kappa shape index (κ1) is 17.6. The van der Waals surface area contributed by atoms with E-state index in [-0.39, 0.29) is 5.92 Å². The Hall–Kier alpha value is -1.85. The lowest BCUT2D eigenvalue weighted by molar-refractivity contribution is 0.412. The summed E-state index contributed by atoms with van der Waals surface area (Å²) in [6.07, 6.45) is 8.60. The van der Waals surface area contributed by atoms with E-state index >= 15 is 0 Å². The van der Waals surface area contributed by atoms with Gasteiger partial charge in [-0.1, -0.05) is 43.5 Å². The number of aromatic amines is 1. The number of benzene rings is 1. The fraction of sp³-hybridized carbons (Fsp3) is 0.381. The molecular formula is C21H25N3S2. The summed E-state index contributed by atoms with van der Waals surface area (Å²) in [6, 6.07) is 13.4. The van der Waals surface area contributed by atoms with E-state index in [0.717, 1.165) is 11.7 Å². The van der Waals surface area contributed by atoms with Gasteiger partial charge in [-0.15, -0.1) is 11.3 Å². The van der Waals surface area contributed by atoms with Crippen LogP contribution in [-0.4, -0.2) is 22.7 Å². The Morgan fingerprint density at radius 3 is 2.81 bits per heavy atom. The second-order valence-corrected chi connectivity index (χ2v) is 8.43. The predicted molar refractivity (Wildman–Crippen MR) is 115 cm³/mol. The minimum Gasteiger partial charge on any atom is -0.362 e. The molecule has 1 aliphatic carbocycles. The molecule has 0 amide bonds. The molecule has 1 aliphatic rings. The van der Waals surface area contributed by atoms with Crippen LogP contribution in [0.25, 0.3) is 10.9 Å². The van der Waals surface area contributed by atoms with Crippen LogP contribution in [0.1, 0.15) is 48.5 Å². The van der Waals surface area contributed by atoms with E-state index in [1.54, 1.807) is 0 Å². The second kappa shape index (κ2) is 8.23. The zero-order valence-electron chi connectivity index (χ0n) is 14.8. The zero-order valence-corrected chi connectivity index (χ0v) is 16.5. The fourth-order valence-electron chi connectivity index (χ4n) is 3.91. The summed E-state index contributed by atoms with van der Waals surface area (Å²) in [5.41, 5.74) is 2.52. The van der Waals surface area contributed by atoms with Crippen LogP contribution in [0, 0.1) is 0 Å². The Bertz CT molecular complexity index is 847. The fourth-order valence-corrected chi connectivity index (χ4v) is 5.01. The van der Waals surface area contributed by atoms with Gasteiger partial charge in [0.25, 0.3) is 0 Å². The average molecular weight is 384 g/mol. The lowest BCUT2D eigenvalue weighted by Gasteiger charge is -2.25. The molecule has 0 saturated heterocycles. The molecule has 1 atom stereocenters. The second-order valence-electron chi connectivity index (χ2n) is 7.05. The standard InChI is InChI=1S/C21H25N3S2/c25-21(24-15-7-2-1-3-8-15)23-14-18(20-11-6-12-26-20)17-13-22-19-10-5-4-9-16(17)19/h4-6,9-13,15,18,22H,1-3,7-8,14H2,(H2,23,24,25). The number of para-hydroxylation sites is 1. The molecule has 0 radical (unpaired) electrons. The number of hydrogen-bond donors (Lipinski definition) is 3. The van der Waals surface area contributed by atoms with Gasteiger partial charge in [-0.05, 0) is 48.1 Å². The topological polar surface area (TPSA) is 39.9 Å². The number of thiophene rings is 1. The van der Waals surface area contributed by atoms with E-state index in [0.29, 0.717) is 6.04 Å². The molecule has 3 nitrogen and oxygen atoms in total. The van der Waals surface area contributed by atoms with Crippen molar-refractivity contribution in [3.05, 3.63) is 58.4 Å². The molecule has 0 aliphatic heterocycles. The summed E-state index contributed by atoms with van der Waals surface area (Å²) >= 11 is 7.39. The number of rotatable bonds is 5. The van der Waals surface area contributed by atoms with Crippen LogP contribution >= 0.6 is 23.6 Å². The van der Waals surface area contributed by atoms with Gasteiger partial charge in [0.1, 0.15) is 0 Å².